The van der Waals surface area contributed by atoms with Crippen molar-refractivity contribution in [2.75, 3.05) is 7.05 Å². The van der Waals surface area contributed by atoms with E-state index in [1.54, 1.807) is 18.0 Å². The van der Waals surface area contributed by atoms with Crippen molar-refractivity contribution < 1.29 is 4.79 Å². The van der Waals surface area contributed by atoms with Gasteiger partial charge in [0.15, 0.2) is 0 Å². The number of amides is 1. The molecule has 1 amide bonds. The Hall–Kier alpha value is -1.87. The molecule has 0 aliphatic heterocycles. The number of nitrogens with zero attached hydrogens (tertiary/aromatic N) is 2. The first-order valence-electron chi connectivity index (χ1n) is 7.01. The van der Waals surface area contributed by atoms with E-state index < -0.39 is 0 Å². The summed E-state index contributed by atoms with van der Waals surface area (Å²) in [5.74, 6) is -0.0506. The maximum Gasteiger partial charge on any atom is 0.254 e. The topological polar surface area (TPSA) is 33.2 Å². The summed E-state index contributed by atoms with van der Waals surface area (Å²) in [5, 5.41) is 0.360. The zero-order valence-corrected chi connectivity index (χ0v) is 13.3. The summed E-state index contributed by atoms with van der Waals surface area (Å²) in [7, 11) is 1.81. The van der Waals surface area contributed by atoms with Gasteiger partial charge in [-0.15, -0.1) is 0 Å². The number of aromatic nitrogens is 1. The van der Waals surface area contributed by atoms with Crippen LogP contribution in [0, 0.1) is 0 Å². The normalized spacial score (nSPS) is 12.0. The fourth-order valence-electron chi connectivity index (χ4n) is 2.19. The first-order chi connectivity index (χ1) is 10.0. The molecule has 1 atom stereocenters. The minimum absolute atomic E-state index is 0.00397. The van der Waals surface area contributed by atoms with Crippen molar-refractivity contribution in [1.29, 1.82) is 0 Å². The molecule has 0 aliphatic rings. The Kier molecular flexibility index (Phi) is 4.97. The minimum Gasteiger partial charge on any atom is -0.335 e. The second kappa shape index (κ2) is 6.72. The summed E-state index contributed by atoms with van der Waals surface area (Å²) in [6, 6.07) is 13.4. The van der Waals surface area contributed by atoms with E-state index in [1.807, 2.05) is 50.2 Å². The molecule has 0 aliphatic carbocycles. The van der Waals surface area contributed by atoms with E-state index in [0.717, 1.165) is 17.7 Å². The van der Waals surface area contributed by atoms with Gasteiger partial charge < -0.3 is 4.90 Å². The van der Waals surface area contributed by atoms with Crippen LogP contribution in [0.4, 0.5) is 0 Å². The van der Waals surface area contributed by atoms with Gasteiger partial charge in [0.05, 0.1) is 6.04 Å². The van der Waals surface area contributed by atoms with Crippen LogP contribution in [0.5, 0.6) is 0 Å². The molecule has 0 radical (unpaired) electrons. The zero-order valence-electron chi connectivity index (χ0n) is 12.5. The summed E-state index contributed by atoms with van der Waals surface area (Å²) in [4.78, 5) is 18.5. The van der Waals surface area contributed by atoms with Crippen LogP contribution in [0.15, 0.2) is 42.5 Å². The van der Waals surface area contributed by atoms with E-state index in [4.69, 9.17) is 11.6 Å². The molecule has 2 rings (SSSR count). The van der Waals surface area contributed by atoms with Crippen LogP contribution in [0.1, 0.15) is 41.5 Å². The van der Waals surface area contributed by atoms with Gasteiger partial charge in [0.25, 0.3) is 5.91 Å². The quantitative estimate of drug-likeness (QED) is 0.796. The van der Waals surface area contributed by atoms with E-state index >= 15 is 0 Å². The lowest BCUT2D eigenvalue weighted by Gasteiger charge is -2.25. The number of pyridine rings is 1. The van der Waals surface area contributed by atoms with Crippen LogP contribution in [0.25, 0.3) is 0 Å². The number of hydrogen-bond donors (Lipinski definition) is 0. The van der Waals surface area contributed by atoms with Crippen LogP contribution in [0.3, 0.4) is 0 Å². The molecule has 1 unspecified atom stereocenters. The first kappa shape index (κ1) is 15.5. The zero-order chi connectivity index (χ0) is 15.4. The van der Waals surface area contributed by atoms with E-state index in [0.29, 0.717) is 10.7 Å². The Labute approximate surface area is 130 Å². The lowest BCUT2D eigenvalue weighted by atomic mass is 10.1. The van der Waals surface area contributed by atoms with Gasteiger partial charge in [0, 0.05) is 18.3 Å². The van der Waals surface area contributed by atoms with Crippen molar-refractivity contribution in [1.82, 2.24) is 9.88 Å². The van der Waals surface area contributed by atoms with Crippen LogP contribution in [-0.4, -0.2) is 22.8 Å². The standard InChI is InChI=1S/C17H19ClN2O/c1-4-15-10-14(11-16(18)19-15)17(21)20(3)12(2)13-8-6-5-7-9-13/h5-12H,4H2,1-3H3. The molecule has 0 N–H and O–H groups in total. The summed E-state index contributed by atoms with van der Waals surface area (Å²) in [6.07, 6.45) is 0.749. The highest BCUT2D eigenvalue weighted by Gasteiger charge is 2.19. The smallest absolute Gasteiger partial charge is 0.254 e. The summed E-state index contributed by atoms with van der Waals surface area (Å²) in [5.41, 5.74) is 2.51. The maximum absolute atomic E-state index is 12.6. The summed E-state index contributed by atoms with van der Waals surface area (Å²) in [6.45, 7) is 4.00. The van der Waals surface area contributed by atoms with Crippen molar-refractivity contribution in [2.45, 2.75) is 26.3 Å². The van der Waals surface area contributed by atoms with Gasteiger partial charge in [-0.05, 0) is 31.0 Å². The molecule has 3 nitrogen and oxygen atoms in total. The van der Waals surface area contributed by atoms with Gasteiger partial charge in [-0.25, -0.2) is 4.98 Å². The second-order valence-corrected chi connectivity index (χ2v) is 5.41. The average Bonchev–Trinajstić information content (AvgIpc) is 2.52. The third-order valence-corrected chi connectivity index (χ3v) is 3.83. The Morgan fingerprint density at radius 1 is 1.29 bits per heavy atom. The Bertz CT molecular complexity index is 628. The number of hydrogen-bond acceptors (Lipinski definition) is 2. The monoisotopic (exact) mass is 302 g/mol. The minimum atomic E-state index is -0.0506. The number of halogens is 1. The number of carbonyl (C=O) groups is 1. The third kappa shape index (κ3) is 3.61. The molecule has 21 heavy (non-hydrogen) atoms. The summed E-state index contributed by atoms with van der Waals surface area (Å²) < 4.78 is 0. The van der Waals surface area contributed by atoms with Crippen molar-refractivity contribution in [3.8, 4) is 0 Å². The van der Waals surface area contributed by atoms with Crippen molar-refractivity contribution in [3.63, 3.8) is 0 Å². The Balaban J connectivity index is 2.25. The molecule has 2 aromatic rings. The second-order valence-electron chi connectivity index (χ2n) is 5.03. The van der Waals surface area contributed by atoms with Crippen LogP contribution >= 0.6 is 11.6 Å². The third-order valence-electron chi connectivity index (χ3n) is 3.64. The maximum atomic E-state index is 12.6. The van der Waals surface area contributed by atoms with E-state index in [1.165, 1.54) is 0 Å². The fourth-order valence-corrected chi connectivity index (χ4v) is 2.42. The predicted molar refractivity (Wildman–Crippen MR) is 85.6 cm³/mol. The average molecular weight is 303 g/mol. The molecule has 1 aromatic heterocycles. The van der Waals surface area contributed by atoms with E-state index in [-0.39, 0.29) is 11.9 Å². The largest absolute Gasteiger partial charge is 0.335 e. The molecular weight excluding hydrogens is 284 g/mol. The molecular formula is C17H19ClN2O. The number of rotatable bonds is 4. The highest BCUT2D eigenvalue weighted by atomic mass is 35.5. The molecule has 0 saturated carbocycles. The van der Waals surface area contributed by atoms with Crippen LogP contribution in [0.2, 0.25) is 5.15 Å². The van der Waals surface area contributed by atoms with Gasteiger partial charge in [0.1, 0.15) is 5.15 Å². The van der Waals surface area contributed by atoms with Crippen molar-refractivity contribution in [2.24, 2.45) is 0 Å². The highest BCUT2D eigenvalue weighted by molar-refractivity contribution is 6.29. The highest BCUT2D eigenvalue weighted by Crippen LogP contribution is 2.21. The van der Waals surface area contributed by atoms with Gasteiger partial charge in [-0.3, -0.25) is 4.79 Å². The molecule has 1 heterocycles. The van der Waals surface area contributed by atoms with Gasteiger partial charge >= 0.3 is 0 Å². The fraction of sp³-hybridized carbons (Fsp3) is 0.294. The molecule has 4 heteroatoms. The van der Waals surface area contributed by atoms with E-state index in [2.05, 4.69) is 4.98 Å². The summed E-state index contributed by atoms with van der Waals surface area (Å²) >= 11 is 5.99. The van der Waals surface area contributed by atoms with Crippen LogP contribution in [-0.2, 0) is 6.42 Å². The predicted octanol–water partition coefficient (Wildman–Crippen LogP) is 4.13. The first-order valence-corrected chi connectivity index (χ1v) is 7.39. The lowest BCUT2D eigenvalue weighted by molar-refractivity contribution is 0.0742. The van der Waals surface area contributed by atoms with Crippen molar-refractivity contribution >= 4 is 17.5 Å². The van der Waals surface area contributed by atoms with Crippen LogP contribution < -0.4 is 0 Å². The van der Waals surface area contributed by atoms with Gasteiger partial charge in [-0.2, -0.15) is 0 Å². The Morgan fingerprint density at radius 3 is 2.57 bits per heavy atom. The lowest BCUT2D eigenvalue weighted by Crippen LogP contribution is -2.29. The molecule has 0 fully saturated rings. The number of benzene rings is 1. The molecule has 0 saturated heterocycles. The SMILES string of the molecule is CCc1cc(C(=O)N(C)C(C)c2ccccc2)cc(Cl)n1. The van der Waals surface area contributed by atoms with Gasteiger partial charge in [0.2, 0.25) is 0 Å². The molecule has 0 spiro atoms. The van der Waals surface area contributed by atoms with E-state index in [9.17, 15) is 4.79 Å². The Morgan fingerprint density at radius 2 is 1.95 bits per heavy atom. The molecule has 1 aromatic carbocycles. The molecule has 0 bridgehead atoms. The number of carbonyl (C=O) groups excluding carboxylic acids is 1. The van der Waals surface area contributed by atoms with Gasteiger partial charge in [-0.1, -0.05) is 48.9 Å². The molecule has 110 valence electrons. The number of aryl methyl sites for hydroxylation is 1. The van der Waals surface area contributed by atoms with Crippen molar-refractivity contribution in [3.05, 3.63) is 64.4 Å².